The summed E-state index contributed by atoms with van der Waals surface area (Å²) in [5.74, 6) is 0.0506. The van der Waals surface area contributed by atoms with Gasteiger partial charge in [-0.15, -0.1) is 0 Å². The second-order valence-electron chi connectivity index (χ2n) is 4.72. The third kappa shape index (κ3) is 1.92. The van der Waals surface area contributed by atoms with Crippen molar-refractivity contribution in [2.75, 3.05) is 0 Å². The van der Waals surface area contributed by atoms with E-state index in [1.807, 2.05) is 24.3 Å². The number of benzene rings is 2. The highest BCUT2D eigenvalue weighted by molar-refractivity contribution is 5.87. The predicted octanol–water partition coefficient (Wildman–Crippen LogP) is 3.25. The molecular formula is C15H14O3. The fourth-order valence-corrected chi connectivity index (χ4v) is 2.12. The molecule has 1 aliphatic carbocycles. The second-order valence-corrected chi connectivity index (χ2v) is 4.72. The lowest BCUT2D eigenvalue weighted by molar-refractivity contribution is -0.141. The summed E-state index contributed by atoms with van der Waals surface area (Å²) in [7, 11) is 0. The number of ether oxygens (including phenoxy) is 1. The van der Waals surface area contributed by atoms with Crippen LogP contribution in [0.15, 0.2) is 36.4 Å². The van der Waals surface area contributed by atoms with Crippen molar-refractivity contribution < 1.29 is 14.6 Å². The van der Waals surface area contributed by atoms with Crippen LogP contribution in [0, 0.1) is 5.92 Å². The molecular weight excluding hydrogens is 228 g/mol. The van der Waals surface area contributed by atoms with Gasteiger partial charge in [0.2, 0.25) is 0 Å². The standard InChI is InChI=1S/C15H14O3/c16-13-8-11-4-1-2-5-12(11)9-14(13)18-15(17)10-6-3-7-10/h1-2,4-5,8-10,16H,3,6-7H2. The number of fused-ring (bicyclic) bond motifs is 1. The number of phenols is 1. The topological polar surface area (TPSA) is 46.5 Å². The molecule has 92 valence electrons. The smallest absolute Gasteiger partial charge is 0.314 e. The molecule has 1 N–H and O–H groups in total. The molecule has 0 aliphatic heterocycles. The third-order valence-electron chi connectivity index (χ3n) is 3.48. The zero-order valence-corrected chi connectivity index (χ0v) is 9.93. The Hall–Kier alpha value is -2.03. The highest BCUT2D eigenvalue weighted by atomic mass is 16.5. The monoisotopic (exact) mass is 242 g/mol. The third-order valence-corrected chi connectivity index (χ3v) is 3.48. The quantitative estimate of drug-likeness (QED) is 0.649. The first-order chi connectivity index (χ1) is 8.74. The molecule has 18 heavy (non-hydrogen) atoms. The number of carbonyl (C=O) groups is 1. The van der Waals surface area contributed by atoms with Crippen molar-refractivity contribution in [1.29, 1.82) is 0 Å². The van der Waals surface area contributed by atoms with E-state index >= 15 is 0 Å². The second kappa shape index (κ2) is 4.33. The molecule has 1 saturated carbocycles. The number of carbonyl (C=O) groups excluding carboxylic acids is 1. The van der Waals surface area contributed by atoms with E-state index in [4.69, 9.17) is 4.74 Å². The first kappa shape index (κ1) is 11.1. The molecule has 0 saturated heterocycles. The molecule has 0 unspecified atom stereocenters. The molecule has 0 spiro atoms. The van der Waals surface area contributed by atoms with Crippen LogP contribution in [0.25, 0.3) is 10.8 Å². The fourth-order valence-electron chi connectivity index (χ4n) is 2.12. The Labute approximate surface area is 105 Å². The average Bonchev–Trinajstić information content (AvgIpc) is 2.27. The average molecular weight is 242 g/mol. The van der Waals surface area contributed by atoms with Crippen LogP contribution in [-0.4, -0.2) is 11.1 Å². The SMILES string of the molecule is O=C(Oc1cc2ccccc2cc1O)C1CCC1. The van der Waals surface area contributed by atoms with E-state index in [0.29, 0.717) is 0 Å². The summed E-state index contributed by atoms with van der Waals surface area (Å²) in [4.78, 5) is 11.7. The van der Waals surface area contributed by atoms with Gasteiger partial charge in [-0.2, -0.15) is 0 Å². The number of hydrogen-bond donors (Lipinski definition) is 1. The van der Waals surface area contributed by atoms with Crippen LogP contribution in [0.5, 0.6) is 11.5 Å². The molecule has 0 amide bonds. The molecule has 1 fully saturated rings. The first-order valence-electron chi connectivity index (χ1n) is 6.17. The van der Waals surface area contributed by atoms with Crippen molar-refractivity contribution in [2.45, 2.75) is 19.3 Å². The largest absolute Gasteiger partial charge is 0.504 e. The Morgan fingerprint density at radius 1 is 1.17 bits per heavy atom. The maximum atomic E-state index is 11.7. The van der Waals surface area contributed by atoms with E-state index < -0.39 is 0 Å². The Morgan fingerprint density at radius 3 is 2.44 bits per heavy atom. The van der Waals surface area contributed by atoms with Gasteiger partial charge in [-0.05, 0) is 35.7 Å². The van der Waals surface area contributed by atoms with Crippen LogP contribution in [0.1, 0.15) is 19.3 Å². The summed E-state index contributed by atoms with van der Waals surface area (Å²) >= 11 is 0. The summed E-state index contributed by atoms with van der Waals surface area (Å²) in [6.07, 6.45) is 2.88. The molecule has 0 radical (unpaired) electrons. The molecule has 0 heterocycles. The molecule has 0 bridgehead atoms. The Bertz CT molecular complexity index is 600. The van der Waals surface area contributed by atoms with Gasteiger partial charge in [0.1, 0.15) is 0 Å². The number of rotatable bonds is 2. The van der Waals surface area contributed by atoms with E-state index in [-0.39, 0.29) is 23.4 Å². The lowest BCUT2D eigenvalue weighted by atomic mass is 9.86. The van der Waals surface area contributed by atoms with E-state index in [1.165, 1.54) is 0 Å². The summed E-state index contributed by atoms with van der Waals surface area (Å²) in [5, 5.41) is 11.7. The van der Waals surface area contributed by atoms with Crippen molar-refractivity contribution in [3.8, 4) is 11.5 Å². The molecule has 0 aromatic heterocycles. The maximum Gasteiger partial charge on any atom is 0.314 e. The minimum atomic E-state index is -0.230. The van der Waals surface area contributed by atoms with Crippen LogP contribution in [0.3, 0.4) is 0 Å². The van der Waals surface area contributed by atoms with Crippen molar-refractivity contribution in [3.63, 3.8) is 0 Å². The summed E-state index contributed by atoms with van der Waals surface area (Å²) in [6.45, 7) is 0. The van der Waals surface area contributed by atoms with E-state index in [0.717, 1.165) is 30.0 Å². The van der Waals surface area contributed by atoms with Gasteiger partial charge in [0, 0.05) is 0 Å². The highest BCUT2D eigenvalue weighted by Gasteiger charge is 2.27. The summed E-state index contributed by atoms with van der Waals surface area (Å²) < 4.78 is 5.27. The van der Waals surface area contributed by atoms with Gasteiger partial charge in [0.25, 0.3) is 0 Å². The first-order valence-corrected chi connectivity index (χ1v) is 6.17. The van der Waals surface area contributed by atoms with Crippen molar-refractivity contribution >= 4 is 16.7 Å². The zero-order valence-electron chi connectivity index (χ0n) is 9.93. The van der Waals surface area contributed by atoms with Gasteiger partial charge in [0.15, 0.2) is 11.5 Å². The van der Waals surface area contributed by atoms with Gasteiger partial charge in [-0.25, -0.2) is 0 Å². The zero-order chi connectivity index (χ0) is 12.5. The lowest BCUT2D eigenvalue weighted by Gasteiger charge is -2.23. The number of hydrogen-bond acceptors (Lipinski definition) is 3. The predicted molar refractivity (Wildman–Crippen MR) is 68.6 cm³/mol. The van der Waals surface area contributed by atoms with E-state index in [9.17, 15) is 9.90 Å². The minimum Gasteiger partial charge on any atom is -0.504 e. The molecule has 3 nitrogen and oxygen atoms in total. The van der Waals surface area contributed by atoms with E-state index in [2.05, 4.69) is 0 Å². The van der Waals surface area contributed by atoms with Crippen LogP contribution < -0.4 is 4.74 Å². The molecule has 0 atom stereocenters. The van der Waals surface area contributed by atoms with Gasteiger partial charge in [0.05, 0.1) is 5.92 Å². The van der Waals surface area contributed by atoms with Crippen LogP contribution in [-0.2, 0) is 4.79 Å². The Balaban J connectivity index is 1.91. The van der Waals surface area contributed by atoms with Crippen molar-refractivity contribution in [2.24, 2.45) is 5.92 Å². The normalized spacial score (nSPS) is 15.3. The molecule has 2 aromatic carbocycles. The van der Waals surface area contributed by atoms with Gasteiger partial charge < -0.3 is 9.84 Å². The van der Waals surface area contributed by atoms with Crippen LogP contribution >= 0.6 is 0 Å². The minimum absolute atomic E-state index is 0.0101. The van der Waals surface area contributed by atoms with Gasteiger partial charge in [-0.1, -0.05) is 30.7 Å². The Morgan fingerprint density at radius 2 is 1.83 bits per heavy atom. The molecule has 1 aliphatic rings. The lowest BCUT2D eigenvalue weighted by Crippen LogP contribution is -2.26. The molecule has 3 heteroatoms. The molecule has 3 rings (SSSR count). The van der Waals surface area contributed by atoms with Gasteiger partial charge >= 0.3 is 5.97 Å². The molecule has 2 aromatic rings. The summed E-state index contributed by atoms with van der Waals surface area (Å²) in [6, 6.07) is 11.0. The van der Waals surface area contributed by atoms with Crippen LogP contribution in [0.2, 0.25) is 0 Å². The number of aromatic hydroxyl groups is 1. The summed E-state index contributed by atoms with van der Waals surface area (Å²) in [5.41, 5.74) is 0. The van der Waals surface area contributed by atoms with Crippen LogP contribution in [0.4, 0.5) is 0 Å². The highest BCUT2D eigenvalue weighted by Crippen LogP contribution is 2.34. The number of phenolic OH excluding ortho intramolecular Hbond substituents is 1. The fraction of sp³-hybridized carbons (Fsp3) is 0.267. The number of esters is 1. The Kier molecular flexibility index (Phi) is 2.67. The van der Waals surface area contributed by atoms with Crippen molar-refractivity contribution in [1.82, 2.24) is 0 Å². The maximum absolute atomic E-state index is 11.7. The van der Waals surface area contributed by atoms with Crippen molar-refractivity contribution in [3.05, 3.63) is 36.4 Å². The van der Waals surface area contributed by atoms with Gasteiger partial charge in [-0.3, -0.25) is 4.79 Å². The van der Waals surface area contributed by atoms with E-state index in [1.54, 1.807) is 12.1 Å².